The number of aromatic nitrogens is 2. The summed E-state index contributed by atoms with van der Waals surface area (Å²) in [6.45, 7) is 2.21. The van der Waals surface area contributed by atoms with Crippen molar-refractivity contribution in [2.24, 2.45) is 0 Å². The summed E-state index contributed by atoms with van der Waals surface area (Å²) in [5.41, 5.74) is 19.0. The highest BCUT2D eigenvalue weighted by Crippen LogP contribution is 2.63. The first-order valence-electron chi connectivity index (χ1n) is 18.2. The zero-order valence-corrected chi connectivity index (χ0v) is 29.1. The molecular formula is C50H36N2. The summed E-state index contributed by atoms with van der Waals surface area (Å²) in [6, 6.07) is 63.8. The van der Waals surface area contributed by atoms with Gasteiger partial charge in [0.05, 0.1) is 16.8 Å². The highest BCUT2D eigenvalue weighted by molar-refractivity contribution is 5.98. The fraction of sp³-hybridized carbons (Fsp3) is 0.0800. The van der Waals surface area contributed by atoms with Crippen molar-refractivity contribution in [2.45, 2.75) is 25.2 Å². The number of fused-ring (bicyclic) bond motifs is 10. The van der Waals surface area contributed by atoms with Crippen LogP contribution < -0.4 is 0 Å². The van der Waals surface area contributed by atoms with E-state index < -0.39 is 5.41 Å². The third-order valence-electron chi connectivity index (χ3n) is 11.2. The Morgan fingerprint density at radius 3 is 1.77 bits per heavy atom. The predicted molar refractivity (Wildman–Crippen MR) is 213 cm³/mol. The van der Waals surface area contributed by atoms with Crippen LogP contribution >= 0.6 is 0 Å². The van der Waals surface area contributed by atoms with Gasteiger partial charge in [-0.1, -0.05) is 176 Å². The standard InChI is InChI=1S/C50H36N2/c1-33-16-8-10-22-38(33)39-23-11-9-17-35(39)30-28-34-29-31-41-40-24-12-14-26-43(40)50(45(41)32-34)44-27-15-13-25-42(44)46-47(36-18-4-2-5-19-36)51-49(52-48(46)50)37-20-6-3-7-21-37/h2-27,29,31-32H,28,30H2,1H3. The van der Waals surface area contributed by atoms with Crippen molar-refractivity contribution in [3.8, 4) is 56.0 Å². The molecule has 2 nitrogen and oxygen atoms in total. The number of nitrogens with zero attached hydrogens (tertiary/aromatic N) is 2. The summed E-state index contributed by atoms with van der Waals surface area (Å²) < 4.78 is 0. The molecule has 0 radical (unpaired) electrons. The predicted octanol–water partition coefficient (Wildman–Crippen LogP) is 11.9. The summed E-state index contributed by atoms with van der Waals surface area (Å²) in [5, 5.41) is 0. The minimum absolute atomic E-state index is 0.580. The zero-order valence-electron chi connectivity index (χ0n) is 29.1. The van der Waals surface area contributed by atoms with E-state index in [0.717, 1.165) is 46.7 Å². The minimum Gasteiger partial charge on any atom is -0.231 e. The van der Waals surface area contributed by atoms with Gasteiger partial charge in [0, 0.05) is 16.7 Å². The minimum atomic E-state index is -0.580. The van der Waals surface area contributed by atoms with E-state index in [1.807, 2.05) is 0 Å². The van der Waals surface area contributed by atoms with Crippen LogP contribution in [0.15, 0.2) is 176 Å². The molecule has 2 aliphatic rings. The van der Waals surface area contributed by atoms with Crippen LogP contribution in [-0.2, 0) is 18.3 Å². The fourth-order valence-electron chi connectivity index (χ4n) is 8.85. The van der Waals surface area contributed by atoms with E-state index in [0.29, 0.717) is 0 Å². The Morgan fingerprint density at radius 1 is 0.442 bits per heavy atom. The van der Waals surface area contributed by atoms with Crippen LogP contribution in [0.3, 0.4) is 0 Å². The Hall–Kier alpha value is -6.38. The normalized spacial score (nSPS) is 14.9. The summed E-state index contributed by atoms with van der Waals surface area (Å²) in [7, 11) is 0. The van der Waals surface area contributed by atoms with Gasteiger partial charge in [-0.05, 0) is 81.0 Å². The molecule has 1 spiro atoms. The number of hydrogen-bond acceptors (Lipinski definition) is 2. The summed E-state index contributed by atoms with van der Waals surface area (Å²) in [4.78, 5) is 11.0. The third kappa shape index (κ3) is 4.57. The summed E-state index contributed by atoms with van der Waals surface area (Å²) in [5.74, 6) is 0.750. The second-order valence-electron chi connectivity index (χ2n) is 14.0. The Labute approximate surface area is 305 Å². The molecule has 246 valence electrons. The van der Waals surface area contributed by atoms with E-state index in [1.165, 1.54) is 61.2 Å². The topological polar surface area (TPSA) is 25.8 Å². The van der Waals surface area contributed by atoms with Gasteiger partial charge >= 0.3 is 0 Å². The molecule has 0 aliphatic heterocycles. The SMILES string of the molecule is Cc1ccccc1-c1ccccc1CCc1ccc2c(c1)C1(c3ccccc3-2)c2ccccc2-c2c(-c3ccccc3)nc(-c3ccccc3)nc21. The molecule has 1 aromatic heterocycles. The van der Waals surface area contributed by atoms with Gasteiger partial charge in [-0.3, -0.25) is 0 Å². The molecule has 0 saturated heterocycles. The molecule has 1 heterocycles. The molecule has 7 aromatic carbocycles. The second-order valence-corrected chi connectivity index (χ2v) is 14.0. The first kappa shape index (κ1) is 30.4. The monoisotopic (exact) mass is 664 g/mol. The molecule has 0 fully saturated rings. The highest BCUT2D eigenvalue weighted by atomic mass is 14.9. The average molecular weight is 665 g/mol. The average Bonchev–Trinajstić information content (AvgIpc) is 3.68. The summed E-state index contributed by atoms with van der Waals surface area (Å²) >= 11 is 0. The van der Waals surface area contributed by atoms with Gasteiger partial charge in [0.25, 0.3) is 0 Å². The number of rotatable bonds is 6. The van der Waals surface area contributed by atoms with Crippen molar-refractivity contribution in [3.63, 3.8) is 0 Å². The molecule has 1 atom stereocenters. The lowest BCUT2D eigenvalue weighted by Gasteiger charge is -2.30. The van der Waals surface area contributed by atoms with Crippen molar-refractivity contribution < 1.29 is 0 Å². The van der Waals surface area contributed by atoms with E-state index in [-0.39, 0.29) is 0 Å². The first-order chi connectivity index (χ1) is 25.7. The molecule has 2 aliphatic carbocycles. The van der Waals surface area contributed by atoms with Gasteiger partial charge in [0.1, 0.15) is 0 Å². The molecule has 8 aromatic rings. The lowest BCUT2D eigenvalue weighted by Crippen LogP contribution is -2.27. The Kier molecular flexibility index (Phi) is 7.11. The Balaban J connectivity index is 1.19. The van der Waals surface area contributed by atoms with Crippen LogP contribution in [0.1, 0.15) is 39.1 Å². The van der Waals surface area contributed by atoms with E-state index in [2.05, 4.69) is 183 Å². The maximum Gasteiger partial charge on any atom is 0.160 e. The number of aryl methyl sites for hydroxylation is 3. The van der Waals surface area contributed by atoms with Crippen molar-refractivity contribution in [1.29, 1.82) is 0 Å². The fourth-order valence-corrected chi connectivity index (χ4v) is 8.85. The smallest absolute Gasteiger partial charge is 0.160 e. The third-order valence-corrected chi connectivity index (χ3v) is 11.2. The largest absolute Gasteiger partial charge is 0.231 e. The van der Waals surface area contributed by atoms with Gasteiger partial charge in [-0.25, -0.2) is 9.97 Å². The van der Waals surface area contributed by atoms with Crippen molar-refractivity contribution in [2.75, 3.05) is 0 Å². The molecule has 10 rings (SSSR count). The van der Waals surface area contributed by atoms with Gasteiger partial charge < -0.3 is 0 Å². The Morgan fingerprint density at radius 2 is 1.02 bits per heavy atom. The van der Waals surface area contributed by atoms with Crippen LogP contribution in [-0.4, -0.2) is 9.97 Å². The van der Waals surface area contributed by atoms with Gasteiger partial charge in [0.2, 0.25) is 0 Å². The van der Waals surface area contributed by atoms with Crippen LogP contribution in [0, 0.1) is 6.92 Å². The van der Waals surface area contributed by atoms with Crippen molar-refractivity contribution in [1.82, 2.24) is 9.97 Å². The molecule has 0 amide bonds. The lowest BCUT2D eigenvalue weighted by atomic mass is 9.72. The molecule has 1 unspecified atom stereocenters. The lowest BCUT2D eigenvalue weighted by molar-refractivity contribution is 0.755. The van der Waals surface area contributed by atoms with Crippen LogP contribution in [0.5, 0.6) is 0 Å². The number of benzene rings is 7. The van der Waals surface area contributed by atoms with Crippen LogP contribution in [0.4, 0.5) is 0 Å². The van der Waals surface area contributed by atoms with E-state index in [1.54, 1.807) is 0 Å². The highest BCUT2D eigenvalue weighted by Gasteiger charge is 2.54. The van der Waals surface area contributed by atoms with E-state index in [9.17, 15) is 0 Å². The zero-order chi connectivity index (χ0) is 34.6. The molecule has 0 bridgehead atoms. The number of hydrogen-bond donors (Lipinski definition) is 0. The van der Waals surface area contributed by atoms with Crippen molar-refractivity contribution >= 4 is 0 Å². The quantitative estimate of drug-likeness (QED) is 0.177. The van der Waals surface area contributed by atoms with Crippen molar-refractivity contribution in [3.05, 3.63) is 215 Å². The molecular weight excluding hydrogens is 629 g/mol. The van der Waals surface area contributed by atoms with Crippen LogP contribution in [0.2, 0.25) is 0 Å². The molecule has 0 saturated carbocycles. The molecule has 52 heavy (non-hydrogen) atoms. The van der Waals surface area contributed by atoms with Gasteiger partial charge in [-0.2, -0.15) is 0 Å². The van der Waals surface area contributed by atoms with E-state index >= 15 is 0 Å². The second kappa shape index (κ2) is 12.1. The van der Waals surface area contributed by atoms with Gasteiger partial charge in [-0.15, -0.1) is 0 Å². The maximum atomic E-state index is 5.62. The first-order valence-corrected chi connectivity index (χ1v) is 18.2. The van der Waals surface area contributed by atoms with Gasteiger partial charge in [0.15, 0.2) is 5.82 Å². The summed E-state index contributed by atoms with van der Waals surface area (Å²) in [6.07, 6.45) is 1.89. The molecule has 2 heteroatoms. The van der Waals surface area contributed by atoms with Crippen LogP contribution in [0.25, 0.3) is 56.0 Å². The molecule has 0 N–H and O–H groups in total. The van der Waals surface area contributed by atoms with E-state index in [4.69, 9.17) is 9.97 Å². The Bertz CT molecular complexity index is 2640. The maximum absolute atomic E-state index is 5.62.